The molecule has 0 aromatic heterocycles. The molecule has 0 saturated carbocycles. The summed E-state index contributed by atoms with van der Waals surface area (Å²) < 4.78 is 38.3. The number of ether oxygens (including phenoxy) is 6. The van der Waals surface area contributed by atoms with E-state index in [0.29, 0.717) is 43.8 Å². The Bertz CT molecular complexity index is 805. The number of benzene rings is 1. The van der Waals surface area contributed by atoms with Crippen LogP contribution in [0.4, 0.5) is 0 Å². The average Bonchev–Trinajstić information content (AvgIpc) is 2.94. The molecule has 1 saturated heterocycles. The largest absolute Gasteiger partial charge is 0.496 e. The van der Waals surface area contributed by atoms with E-state index in [4.69, 9.17) is 40.0 Å². The summed E-state index contributed by atoms with van der Waals surface area (Å²) in [6, 6.07) is 3.67. The molecule has 8 heteroatoms. The first-order valence-corrected chi connectivity index (χ1v) is 15.3. The van der Waals surface area contributed by atoms with E-state index in [1.807, 2.05) is 6.07 Å². The van der Waals surface area contributed by atoms with Crippen molar-refractivity contribution in [2.45, 2.75) is 116 Å². The normalized spacial score (nSPS) is 23.2. The number of hydrogen-bond donors (Lipinski definition) is 0. The van der Waals surface area contributed by atoms with E-state index in [2.05, 4.69) is 27.7 Å². The average molecular weight is 571 g/mol. The number of unbranched alkanes of at least 4 members (excludes halogenated alkanes) is 4. The van der Waals surface area contributed by atoms with E-state index in [1.165, 1.54) is 0 Å². The van der Waals surface area contributed by atoms with Crippen LogP contribution in [0.2, 0.25) is 5.02 Å². The van der Waals surface area contributed by atoms with Crippen molar-refractivity contribution < 1.29 is 33.2 Å². The first-order chi connectivity index (χ1) is 19.1. The lowest BCUT2D eigenvalue weighted by molar-refractivity contribution is -0.268. The molecule has 224 valence electrons. The van der Waals surface area contributed by atoms with Gasteiger partial charge < -0.3 is 33.2 Å². The second kappa shape index (κ2) is 19.8. The van der Waals surface area contributed by atoms with Crippen LogP contribution in [0.1, 0.15) is 96.3 Å². The van der Waals surface area contributed by atoms with Crippen LogP contribution < -0.4 is 4.74 Å². The Morgan fingerprint density at radius 3 is 1.95 bits per heavy atom. The molecule has 0 spiro atoms. The predicted octanol–water partition coefficient (Wildman–Crippen LogP) is 6.90. The zero-order valence-corrected chi connectivity index (χ0v) is 25.5. The molecular formula is C31H51ClO7. The predicted molar refractivity (Wildman–Crippen MR) is 155 cm³/mol. The first-order valence-electron chi connectivity index (χ1n) is 14.9. The highest BCUT2D eigenvalue weighted by Crippen LogP contribution is 2.42. The van der Waals surface area contributed by atoms with Crippen LogP contribution in [0.5, 0.6) is 5.75 Å². The lowest BCUT2D eigenvalue weighted by Gasteiger charge is -2.46. The number of carbonyl (C=O) groups is 1. The molecule has 1 fully saturated rings. The maximum absolute atomic E-state index is 11.4. The number of methoxy groups -OCH3 is 1. The van der Waals surface area contributed by atoms with E-state index < -0.39 is 12.2 Å². The van der Waals surface area contributed by atoms with Crippen LogP contribution in [0, 0.1) is 0 Å². The Balaban J connectivity index is 2.56. The van der Waals surface area contributed by atoms with Gasteiger partial charge in [-0.25, -0.2) is 0 Å². The second-order valence-electron chi connectivity index (χ2n) is 10.1. The molecule has 5 atom stereocenters. The molecule has 0 unspecified atom stereocenters. The Hall–Kier alpha value is -1.22. The summed E-state index contributed by atoms with van der Waals surface area (Å²) in [6.07, 6.45) is 6.96. The van der Waals surface area contributed by atoms with Gasteiger partial charge in [-0.15, -0.1) is 0 Å². The SMILES string of the molecule is CCCCOC[C@H]1O[C@@H](c2cc(CC=O)c(Cl)cc2OC)[C@H](OCCCC)[C@@H](OCCCC)[C@@H]1OCCCC. The minimum absolute atomic E-state index is 0.201. The summed E-state index contributed by atoms with van der Waals surface area (Å²) in [5.41, 5.74) is 1.51. The zero-order valence-electron chi connectivity index (χ0n) is 24.8. The van der Waals surface area contributed by atoms with Crippen molar-refractivity contribution in [1.82, 2.24) is 0 Å². The number of halogens is 1. The first kappa shape index (κ1) is 34.0. The van der Waals surface area contributed by atoms with E-state index in [9.17, 15) is 4.79 Å². The highest BCUT2D eigenvalue weighted by Gasteiger charge is 2.49. The van der Waals surface area contributed by atoms with Crippen LogP contribution in [0.15, 0.2) is 12.1 Å². The van der Waals surface area contributed by atoms with Gasteiger partial charge in [-0.2, -0.15) is 0 Å². The molecule has 1 aromatic rings. The van der Waals surface area contributed by atoms with Crippen molar-refractivity contribution in [2.75, 3.05) is 40.1 Å². The minimum Gasteiger partial charge on any atom is -0.496 e. The summed E-state index contributed by atoms with van der Waals surface area (Å²) in [5.74, 6) is 0.590. The minimum atomic E-state index is -0.517. The molecule has 1 aromatic carbocycles. The molecular weight excluding hydrogens is 520 g/mol. The Kier molecular flexibility index (Phi) is 17.2. The lowest BCUT2D eigenvalue weighted by Crippen LogP contribution is -2.58. The van der Waals surface area contributed by atoms with Crippen LogP contribution in [-0.2, 0) is 34.9 Å². The zero-order chi connectivity index (χ0) is 28.5. The molecule has 1 aliphatic rings. The van der Waals surface area contributed by atoms with E-state index in [1.54, 1.807) is 13.2 Å². The van der Waals surface area contributed by atoms with Crippen molar-refractivity contribution in [3.05, 3.63) is 28.3 Å². The van der Waals surface area contributed by atoms with E-state index in [0.717, 1.165) is 68.8 Å². The summed E-state index contributed by atoms with van der Waals surface area (Å²) in [6.45, 7) is 11.4. The van der Waals surface area contributed by atoms with Gasteiger partial charge in [0, 0.05) is 43.4 Å². The van der Waals surface area contributed by atoms with Crippen molar-refractivity contribution in [2.24, 2.45) is 0 Å². The van der Waals surface area contributed by atoms with Crippen LogP contribution in [0.25, 0.3) is 0 Å². The highest BCUT2D eigenvalue weighted by molar-refractivity contribution is 6.31. The molecule has 2 rings (SSSR count). The maximum atomic E-state index is 11.4. The number of rotatable bonds is 21. The third-order valence-electron chi connectivity index (χ3n) is 6.99. The van der Waals surface area contributed by atoms with E-state index >= 15 is 0 Å². The fraction of sp³-hybridized carbons (Fsp3) is 0.774. The Morgan fingerprint density at radius 1 is 0.821 bits per heavy atom. The molecule has 0 amide bonds. The monoisotopic (exact) mass is 570 g/mol. The summed E-state index contributed by atoms with van der Waals surface area (Å²) >= 11 is 6.50. The van der Waals surface area contributed by atoms with Crippen molar-refractivity contribution in [3.63, 3.8) is 0 Å². The topological polar surface area (TPSA) is 72.5 Å². The lowest BCUT2D eigenvalue weighted by atomic mass is 9.89. The van der Waals surface area contributed by atoms with E-state index in [-0.39, 0.29) is 24.7 Å². The molecule has 1 heterocycles. The molecule has 7 nitrogen and oxygen atoms in total. The molecule has 1 aliphatic heterocycles. The van der Waals surface area contributed by atoms with Gasteiger partial charge in [-0.3, -0.25) is 0 Å². The third kappa shape index (κ3) is 10.6. The van der Waals surface area contributed by atoms with Gasteiger partial charge in [0.05, 0.1) is 13.7 Å². The number of aldehydes is 1. The molecule has 0 aliphatic carbocycles. The standard InChI is InChI=1S/C31H51ClO7/c1-6-10-16-35-22-27-29(36-17-11-7-2)31(38-19-13-9-4)30(37-18-12-8-3)28(39-27)24-20-23(14-15-33)25(32)21-26(24)34-5/h15,20-21,27-31H,6-14,16-19,22H2,1-5H3/t27-,28+,29-,30+,31+/m1/s1. The molecule has 0 N–H and O–H groups in total. The quantitative estimate of drug-likeness (QED) is 0.117. The van der Waals surface area contributed by atoms with Crippen molar-refractivity contribution in [3.8, 4) is 5.75 Å². The summed E-state index contributed by atoms with van der Waals surface area (Å²) in [5, 5.41) is 0.484. The highest BCUT2D eigenvalue weighted by atomic mass is 35.5. The van der Waals surface area contributed by atoms with Crippen LogP contribution in [0.3, 0.4) is 0 Å². The smallest absolute Gasteiger partial charge is 0.126 e. The summed E-state index contributed by atoms with van der Waals surface area (Å²) in [7, 11) is 1.61. The fourth-order valence-corrected chi connectivity index (χ4v) is 4.90. The Labute approximate surface area is 241 Å². The second-order valence-corrected chi connectivity index (χ2v) is 10.6. The van der Waals surface area contributed by atoms with Gasteiger partial charge in [-0.1, -0.05) is 65.0 Å². The molecule has 0 bridgehead atoms. The van der Waals surface area contributed by atoms with Crippen LogP contribution in [-0.4, -0.2) is 70.8 Å². The van der Waals surface area contributed by atoms with Crippen molar-refractivity contribution >= 4 is 17.9 Å². The van der Waals surface area contributed by atoms with Crippen LogP contribution >= 0.6 is 11.6 Å². The fourth-order valence-electron chi connectivity index (χ4n) is 4.67. The van der Waals surface area contributed by atoms with Gasteiger partial charge in [-0.05, 0) is 43.4 Å². The van der Waals surface area contributed by atoms with Gasteiger partial charge in [0.15, 0.2) is 0 Å². The summed E-state index contributed by atoms with van der Waals surface area (Å²) in [4.78, 5) is 11.4. The van der Waals surface area contributed by atoms with Crippen molar-refractivity contribution in [1.29, 1.82) is 0 Å². The third-order valence-corrected chi connectivity index (χ3v) is 7.34. The molecule has 39 heavy (non-hydrogen) atoms. The van der Waals surface area contributed by atoms with Gasteiger partial charge in [0.2, 0.25) is 0 Å². The Morgan fingerprint density at radius 2 is 1.38 bits per heavy atom. The number of hydrogen-bond acceptors (Lipinski definition) is 7. The number of carbonyl (C=O) groups excluding carboxylic acids is 1. The maximum Gasteiger partial charge on any atom is 0.126 e. The van der Waals surface area contributed by atoms with Gasteiger partial charge in [0.25, 0.3) is 0 Å². The van der Waals surface area contributed by atoms with Gasteiger partial charge in [0.1, 0.15) is 42.6 Å². The van der Waals surface area contributed by atoms with Gasteiger partial charge >= 0.3 is 0 Å². The molecule has 0 radical (unpaired) electrons.